The van der Waals surface area contributed by atoms with Gasteiger partial charge in [-0.1, -0.05) is 31.5 Å². The number of nitrogens with one attached hydrogen (secondary N) is 3. The van der Waals surface area contributed by atoms with Gasteiger partial charge >= 0.3 is 0 Å². The van der Waals surface area contributed by atoms with Crippen molar-refractivity contribution in [1.29, 1.82) is 0 Å². The molecule has 0 aliphatic rings. The molecule has 0 aliphatic heterocycles. The van der Waals surface area contributed by atoms with Gasteiger partial charge in [-0.25, -0.2) is 0 Å². The maximum Gasteiger partial charge on any atom is 0.251 e. The van der Waals surface area contributed by atoms with Crippen LogP contribution >= 0.6 is 0 Å². The minimum atomic E-state index is -0.684. The fourth-order valence-corrected chi connectivity index (χ4v) is 2.62. The zero-order valence-corrected chi connectivity index (χ0v) is 16.0. The summed E-state index contributed by atoms with van der Waals surface area (Å²) < 4.78 is 0. The van der Waals surface area contributed by atoms with Crippen molar-refractivity contribution in [3.63, 3.8) is 0 Å². The van der Waals surface area contributed by atoms with E-state index in [1.54, 1.807) is 43.4 Å². The first-order chi connectivity index (χ1) is 12.8. The number of benzene rings is 2. The Kier molecular flexibility index (Phi) is 6.71. The molecule has 3 amide bonds. The lowest BCUT2D eigenvalue weighted by Crippen LogP contribution is -2.47. The third-order valence-electron chi connectivity index (χ3n) is 4.16. The molecule has 0 aliphatic carbocycles. The maximum atomic E-state index is 12.7. The second-order valence-electron chi connectivity index (χ2n) is 6.71. The van der Waals surface area contributed by atoms with Crippen LogP contribution in [0.15, 0.2) is 48.5 Å². The molecule has 0 heterocycles. The fourth-order valence-electron chi connectivity index (χ4n) is 2.62. The number of carbonyl (C=O) groups is 3. The maximum absolute atomic E-state index is 12.7. The van der Waals surface area contributed by atoms with Crippen LogP contribution in [0.5, 0.6) is 0 Å². The molecular formula is C21H25N3O3. The molecule has 2 rings (SSSR count). The lowest BCUT2D eigenvalue weighted by Gasteiger charge is -2.22. The van der Waals surface area contributed by atoms with Crippen molar-refractivity contribution in [2.45, 2.75) is 26.8 Å². The Morgan fingerprint density at radius 3 is 2.11 bits per heavy atom. The minimum absolute atomic E-state index is 0.0936. The lowest BCUT2D eigenvalue weighted by atomic mass is 10.0. The second kappa shape index (κ2) is 8.98. The molecule has 2 aromatic rings. The SMILES string of the molecule is CNC(=O)c1ccc(NC(=O)C(NC(=O)c2cccc(C)c2)C(C)C)cc1. The minimum Gasteiger partial charge on any atom is -0.355 e. The van der Waals surface area contributed by atoms with Crippen molar-refractivity contribution < 1.29 is 14.4 Å². The van der Waals surface area contributed by atoms with E-state index in [0.29, 0.717) is 16.8 Å². The Morgan fingerprint density at radius 2 is 1.56 bits per heavy atom. The summed E-state index contributed by atoms with van der Waals surface area (Å²) in [5.74, 6) is -0.886. The summed E-state index contributed by atoms with van der Waals surface area (Å²) in [4.78, 5) is 36.7. The predicted octanol–water partition coefficient (Wildman–Crippen LogP) is 2.75. The summed E-state index contributed by atoms with van der Waals surface area (Å²) >= 11 is 0. The first kappa shape index (κ1) is 20.2. The van der Waals surface area contributed by atoms with Crippen LogP contribution in [0.1, 0.15) is 40.1 Å². The molecular weight excluding hydrogens is 342 g/mol. The van der Waals surface area contributed by atoms with E-state index in [9.17, 15) is 14.4 Å². The fraction of sp³-hybridized carbons (Fsp3) is 0.286. The van der Waals surface area contributed by atoms with Gasteiger partial charge in [0.05, 0.1) is 0 Å². The molecule has 0 bridgehead atoms. The predicted molar refractivity (Wildman–Crippen MR) is 106 cm³/mol. The van der Waals surface area contributed by atoms with E-state index < -0.39 is 6.04 Å². The molecule has 6 nitrogen and oxygen atoms in total. The molecule has 0 aromatic heterocycles. The summed E-state index contributed by atoms with van der Waals surface area (Å²) in [7, 11) is 1.56. The number of aryl methyl sites for hydroxylation is 1. The highest BCUT2D eigenvalue weighted by Gasteiger charge is 2.25. The molecule has 1 unspecified atom stereocenters. The van der Waals surface area contributed by atoms with E-state index in [-0.39, 0.29) is 23.6 Å². The third kappa shape index (κ3) is 5.41. The normalized spacial score (nSPS) is 11.6. The molecule has 2 aromatic carbocycles. The van der Waals surface area contributed by atoms with E-state index in [4.69, 9.17) is 0 Å². The van der Waals surface area contributed by atoms with Gasteiger partial charge in [-0.2, -0.15) is 0 Å². The highest BCUT2D eigenvalue weighted by atomic mass is 16.2. The highest BCUT2D eigenvalue weighted by molar-refractivity contribution is 6.01. The van der Waals surface area contributed by atoms with Gasteiger partial charge in [0.1, 0.15) is 6.04 Å². The Bertz CT molecular complexity index is 829. The number of rotatable bonds is 6. The Hall–Kier alpha value is -3.15. The summed E-state index contributed by atoms with van der Waals surface area (Å²) in [6.07, 6.45) is 0. The molecule has 0 fully saturated rings. The van der Waals surface area contributed by atoms with Gasteiger partial charge in [0.25, 0.3) is 11.8 Å². The van der Waals surface area contributed by atoms with E-state index >= 15 is 0 Å². The molecule has 0 spiro atoms. The number of anilines is 1. The standard InChI is InChI=1S/C21H25N3O3/c1-13(2)18(24-20(26)16-7-5-6-14(3)12-16)21(27)23-17-10-8-15(9-11-17)19(25)22-4/h5-13,18H,1-4H3,(H,22,25)(H,23,27)(H,24,26). The first-order valence-corrected chi connectivity index (χ1v) is 8.82. The first-order valence-electron chi connectivity index (χ1n) is 8.82. The molecule has 0 saturated carbocycles. The van der Waals surface area contributed by atoms with Crippen molar-refractivity contribution >= 4 is 23.4 Å². The van der Waals surface area contributed by atoms with Gasteiger partial charge in [-0.05, 0) is 49.2 Å². The quantitative estimate of drug-likeness (QED) is 0.734. The highest BCUT2D eigenvalue weighted by Crippen LogP contribution is 2.13. The zero-order chi connectivity index (χ0) is 20.0. The van der Waals surface area contributed by atoms with Crippen molar-refractivity contribution in [3.8, 4) is 0 Å². The van der Waals surface area contributed by atoms with Crippen LogP contribution in [0.2, 0.25) is 0 Å². The van der Waals surface area contributed by atoms with E-state index in [1.165, 1.54) is 0 Å². The van der Waals surface area contributed by atoms with Gasteiger partial charge in [-0.3, -0.25) is 14.4 Å². The molecule has 27 heavy (non-hydrogen) atoms. The average molecular weight is 367 g/mol. The van der Waals surface area contributed by atoms with Crippen molar-refractivity contribution in [2.75, 3.05) is 12.4 Å². The van der Waals surface area contributed by atoms with Gasteiger partial charge in [0.2, 0.25) is 5.91 Å². The van der Waals surface area contributed by atoms with Gasteiger partial charge in [0, 0.05) is 23.9 Å². The summed E-state index contributed by atoms with van der Waals surface area (Å²) in [5, 5.41) is 8.14. The lowest BCUT2D eigenvalue weighted by molar-refractivity contribution is -0.118. The number of amides is 3. The monoisotopic (exact) mass is 367 g/mol. The van der Waals surface area contributed by atoms with Crippen LogP contribution < -0.4 is 16.0 Å². The number of hydrogen-bond donors (Lipinski definition) is 3. The molecule has 142 valence electrons. The van der Waals surface area contributed by atoms with E-state index in [1.807, 2.05) is 32.9 Å². The smallest absolute Gasteiger partial charge is 0.251 e. The largest absolute Gasteiger partial charge is 0.355 e. The van der Waals surface area contributed by atoms with E-state index in [0.717, 1.165) is 5.56 Å². The van der Waals surface area contributed by atoms with Crippen LogP contribution in [0.4, 0.5) is 5.69 Å². The number of hydrogen-bond acceptors (Lipinski definition) is 3. The topological polar surface area (TPSA) is 87.3 Å². The average Bonchev–Trinajstić information content (AvgIpc) is 2.65. The molecule has 0 saturated heterocycles. The van der Waals surface area contributed by atoms with Crippen molar-refractivity contribution in [2.24, 2.45) is 5.92 Å². The molecule has 6 heteroatoms. The van der Waals surface area contributed by atoms with Crippen molar-refractivity contribution in [1.82, 2.24) is 10.6 Å². The third-order valence-corrected chi connectivity index (χ3v) is 4.16. The van der Waals surface area contributed by atoms with Crippen molar-refractivity contribution in [3.05, 3.63) is 65.2 Å². The second-order valence-corrected chi connectivity index (χ2v) is 6.71. The van der Waals surface area contributed by atoms with Crippen LogP contribution in [0, 0.1) is 12.8 Å². The Morgan fingerprint density at radius 1 is 0.889 bits per heavy atom. The number of carbonyl (C=O) groups excluding carboxylic acids is 3. The van der Waals surface area contributed by atoms with Gasteiger partial charge in [0.15, 0.2) is 0 Å². The summed E-state index contributed by atoms with van der Waals surface area (Å²) in [6.45, 7) is 5.65. The van der Waals surface area contributed by atoms with Crippen LogP contribution in [0.3, 0.4) is 0 Å². The van der Waals surface area contributed by atoms with Gasteiger partial charge in [-0.15, -0.1) is 0 Å². The van der Waals surface area contributed by atoms with Gasteiger partial charge < -0.3 is 16.0 Å². The Balaban J connectivity index is 2.08. The summed E-state index contributed by atoms with van der Waals surface area (Å²) in [6, 6.07) is 13.1. The van der Waals surface area contributed by atoms with Crippen LogP contribution in [-0.2, 0) is 4.79 Å². The van der Waals surface area contributed by atoms with Crippen LogP contribution in [-0.4, -0.2) is 30.8 Å². The zero-order valence-electron chi connectivity index (χ0n) is 16.0. The molecule has 0 radical (unpaired) electrons. The Labute approximate surface area is 159 Å². The molecule has 1 atom stereocenters. The summed E-state index contributed by atoms with van der Waals surface area (Å²) in [5.41, 5.74) is 2.56. The van der Waals surface area contributed by atoms with Crippen LogP contribution in [0.25, 0.3) is 0 Å². The van der Waals surface area contributed by atoms with E-state index in [2.05, 4.69) is 16.0 Å². The molecule has 3 N–H and O–H groups in total.